The molecule has 1 aromatic carbocycles. The van der Waals surface area contributed by atoms with Gasteiger partial charge in [-0.25, -0.2) is 13.8 Å². The summed E-state index contributed by atoms with van der Waals surface area (Å²) in [6.45, 7) is 4.52. The Labute approximate surface area is 167 Å². The Balaban J connectivity index is 1.20. The minimum atomic E-state index is -0.323. The molecule has 6 nitrogen and oxygen atoms in total. The van der Waals surface area contributed by atoms with Crippen LogP contribution in [0.2, 0.25) is 0 Å². The van der Waals surface area contributed by atoms with E-state index in [4.69, 9.17) is 4.52 Å². The minimum Gasteiger partial charge on any atom is -0.370 e. The molecule has 4 heterocycles. The Bertz CT molecular complexity index is 992. The first-order chi connectivity index (χ1) is 14.2. The van der Waals surface area contributed by atoms with Crippen LogP contribution in [-0.4, -0.2) is 53.8 Å². The van der Waals surface area contributed by atoms with Gasteiger partial charge in [0.15, 0.2) is 11.4 Å². The number of halogens is 2. The predicted octanol–water partition coefficient (Wildman–Crippen LogP) is 3.51. The molecule has 2 atom stereocenters. The van der Waals surface area contributed by atoms with Crippen LogP contribution in [-0.2, 0) is 0 Å². The van der Waals surface area contributed by atoms with E-state index in [-0.39, 0.29) is 11.6 Å². The van der Waals surface area contributed by atoms with Crippen LogP contribution in [0.4, 0.5) is 20.4 Å². The molecule has 2 aliphatic heterocycles. The molecule has 0 aliphatic carbocycles. The van der Waals surface area contributed by atoms with Crippen molar-refractivity contribution in [3.63, 3.8) is 0 Å². The largest absolute Gasteiger partial charge is 0.370 e. The number of benzene rings is 1. The van der Waals surface area contributed by atoms with Gasteiger partial charge in [-0.15, -0.1) is 0 Å². The fourth-order valence-electron chi connectivity index (χ4n) is 4.47. The number of nitrogens with zero attached hydrogens (tertiary/aromatic N) is 4. The molecule has 2 aliphatic rings. The number of piperazine rings is 1. The van der Waals surface area contributed by atoms with Crippen LogP contribution in [0.1, 0.15) is 12.8 Å². The fraction of sp³-hybridized carbons (Fsp3) is 0.429. The third kappa shape index (κ3) is 3.76. The number of anilines is 2. The molecule has 0 bridgehead atoms. The summed E-state index contributed by atoms with van der Waals surface area (Å²) in [4.78, 5) is 8.82. The van der Waals surface area contributed by atoms with Gasteiger partial charge in [-0.1, -0.05) is 5.16 Å². The van der Waals surface area contributed by atoms with Gasteiger partial charge in [-0.2, -0.15) is 0 Å². The maximum Gasteiger partial charge on any atom is 0.180 e. The van der Waals surface area contributed by atoms with Gasteiger partial charge in [-0.3, -0.25) is 4.90 Å². The number of piperidine rings is 1. The van der Waals surface area contributed by atoms with E-state index < -0.39 is 0 Å². The van der Waals surface area contributed by atoms with Crippen LogP contribution in [0, 0.1) is 17.6 Å². The SMILES string of the molecule is Fc1ccc(NC[C@@H]2CC[C@H]3CN(c4noc5ccc(F)cc45)CCN3C2)nc1. The van der Waals surface area contributed by atoms with Crippen LogP contribution in [0.5, 0.6) is 0 Å². The molecule has 2 saturated heterocycles. The molecule has 0 unspecified atom stereocenters. The van der Waals surface area contributed by atoms with Crippen LogP contribution in [0.3, 0.4) is 0 Å². The van der Waals surface area contributed by atoms with E-state index in [1.165, 1.54) is 24.4 Å². The Hall–Kier alpha value is -2.74. The lowest BCUT2D eigenvalue weighted by molar-refractivity contribution is 0.0994. The van der Waals surface area contributed by atoms with Crippen LogP contribution in [0.15, 0.2) is 41.1 Å². The topological polar surface area (TPSA) is 57.4 Å². The molecule has 1 N–H and O–H groups in total. The molecule has 29 heavy (non-hydrogen) atoms. The van der Waals surface area contributed by atoms with Crippen molar-refractivity contribution in [2.45, 2.75) is 18.9 Å². The zero-order chi connectivity index (χ0) is 19.8. The Kier molecular flexibility index (Phi) is 4.79. The minimum absolute atomic E-state index is 0.274. The Morgan fingerprint density at radius 1 is 1.07 bits per heavy atom. The smallest absolute Gasteiger partial charge is 0.180 e. The van der Waals surface area contributed by atoms with Crippen molar-refractivity contribution in [2.75, 3.05) is 42.9 Å². The highest BCUT2D eigenvalue weighted by Gasteiger charge is 2.34. The molecule has 5 rings (SSSR count). The van der Waals surface area contributed by atoms with Crippen molar-refractivity contribution >= 4 is 22.6 Å². The lowest BCUT2D eigenvalue weighted by atomic mass is 9.91. The van der Waals surface area contributed by atoms with Crippen molar-refractivity contribution in [1.82, 2.24) is 15.0 Å². The zero-order valence-corrected chi connectivity index (χ0v) is 16.0. The summed E-state index contributed by atoms with van der Waals surface area (Å²) in [6, 6.07) is 8.08. The molecule has 8 heteroatoms. The molecule has 152 valence electrons. The first kappa shape index (κ1) is 18.3. The van der Waals surface area contributed by atoms with Gasteiger partial charge in [0.1, 0.15) is 17.5 Å². The number of fused-ring (bicyclic) bond motifs is 2. The average molecular weight is 399 g/mol. The summed E-state index contributed by atoms with van der Waals surface area (Å²) in [7, 11) is 0. The number of aromatic nitrogens is 2. The second-order valence-electron chi connectivity index (χ2n) is 7.93. The molecule has 3 aromatic rings. The van der Waals surface area contributed by atoms with Crippen LogP contribution >= 0.6 is 0 Å². The van der Waals surface area contributed by atoms with Gasteiger partial charge in [0.2, 0.25) is 0 Å². The Morgan fingerprint density at radius 3 is 2.83 bits per heavy atom. The van der Waals surface area contributed by atoms with Crippen LogP contribution < -0.4 is 10.2 Å². The summed E-state index contributed by atoms with van der Waals surface area (Å²) in [5, 5.41) is 8.26. The lowest BCUT2D eigenvalue weighted by Crippen LogP contribution is -2.57. The molecule has 2 aromatic heterocycles. The molecule has 0 saturated carbocycles. The van der Waals surface area contributed by atoms with E-state index in [1.807, 2.05) is 0 Å². The van der Waals surface area contributed by atoms with E-state index in [2.05, 4.69) is 25.3 Å². The summed E-state index contributed by atoms with van der Waals surface area (Å²) in [5.74, 6) is 1.39. The first-order valence-electron chi connectivity index (χ1n) is 10.0. The van der Waals surface area contributed by atoms with E-state index in [1.54, 1.807) is 12.1 Å². The van der Waals surface area contributed by atoms with E-state index in [9.17, 15) is 8.78 Å². The van der Waals surface area contributed by atoms with Crippen LogP contribution in [0.25, 0.3) is 11.0 Å². The predicted molar refractivity (Wildman–Crippen MR) is 107 cm³/mol. The maximum absolute atomic E-state index is 13.7. The monoisotopic (exact) mass is 399 g/mol. The quantitative estimate of drug-likeness (QED) is 0.725. The number of rotatable bonds is 4. The van der Waals surface area contributed by atoms with Crippen molar-refractivity contribution in [2.24, 2.45) is 5.92 Å². The number of hydrogen-bond donors (Lipinski definition) is 1. The van der Waals surface area contributed by atoms with E-state index in [0.29, 0.717) is 23.4 Å². The molecule has 0 spiro atoms. The third-order valence-electron chi connectivity index (χ3n) is 6.02. The maximum atomic E-state index is 13.7. The fourth-order valence-corrected chi connectivity index (χ4v) is 4.47. The van der Waals surface area contributed by atoms with Gasteiger partial charge >= 0.3 is 0 Å². The molecule has 0 amide bonds. The van der Waals surface area contributed by atoms with Gasteiger partial charge in [0.05, 0.1) is 11.6 Å². The highest BCUT2D eigenvalue weighted by atomic mass is 19.1. The van der Waals surface area contributed by atoms with E-state index in [0.717, 1.165) is 56.8 Å². The number of pyridine rings is 1. The van der Waals surface area contributed by atoms with Gasteiger partial charge in [-0.05, 0) is 49.1 Å². The van der Waals surface area contributed by atoms with Gasteiger partial charge in [0, 0.05) is 38.8 Å². The number of hydrogen-bond acceptors (Lipinski definition) is 6. The van der Waals surface area contributed by atoms with Gasteiger partial charge in [0.25, 0.3) is 0 Å². The van der Waals surface area contributed by atoms with Crippen molar-refractivity contribution in [3.8, 4) is 0 Å². The Morgan fingerprint density at radius 2 is 1.97 bits per heavy atom. The van der Waals surface area contributed by atoms with Crippen molar-refractivity contribution < 1.29 is 13.3 Å². The first-order valence-corrected chi connectivity index (χ1v) is 10.0. The molecular formula is C21H23F2N5O. The van der Waals surface area contributed by atoms with Crippen molar-refractivity contribution in [3.05, 3.63) is 48.2 Å². The highest BCUT2D eigenvalue weighted by molar-refractivity contribution is 5.88. The summed E-state index contributed by atoms with van der Waals surface area (Å²) >= 11 is 0. The third-order valence-corrected chi connectivity index (χ3v) is 6.02. The molecule has 0 radical (unpaired) electrons. The second-order valence-corrected chi connectivity index (χ2v) is 7.93. The summed E-state index contributed by atoms with van der Waals surface area (Å²) in [6.07, 6.45) is 3.46. The van der Waals surface area contributed by atoms with Gasteiger partial charge < -0.3 is 14.7 Å². The summed E-state index contributed by atoms with van der Waals surface area (Å²) in [5.41, 5.74) is 0.619. The number of nitrogens with one attached hydrogen (secondary N) is 1. The second kappa shape index (κ2) is 7.59. The van der Waals surface area contributed by atoms with Crippen molar-refractivity contribution in [1.29, 1.82) is 0 Å². The molecular weight excluding hydrogens is 376 g/mol. The zero-order valence-electron chi connectivity index (χ0n) is 16.0. The normalized spacial score (nSPS) is 22.6. The summed E-state index contributed by atoms with van der Waals surface area (Å²) < 4.78 is 32.0. The van der Waals surface area contributed by atoms with E-state index >= 15 is 0 Å². The lowest BCUT2D eigenvalue weighted by Gasteiger charge is -2.46. The standard InChI is InChI=1S/C21H23F2N5O/c22-15-2-5-19-18(9-15)21(26-29-19)28-8-7-27-12-14(1-4-17(27)13-28)10-24-20-6-3-16(23)11-25-20/h2-3,5-6,9,11,14,17H,1,4,7-8,10,12-13H2,(H,24,25)/t14-,17-/m0/s1. The average Bonchev–Trinajstić information content (AvgIpc) is 3.16. The molecule has 2 fully saturated rings. The highest BCUT2D eigenvalue weighted by Crippen LogP contribution is 2.31.